The van der Waals surface area contributed by atoms with E-state index in [-0.39, 0.29) is 17.2 Å². The number of benzene rings is 3. The summed E-state index contributed by atoms with van der Waals surface area (Å²) in [6, 6.07) is 19.6. The number of nitrogens with zero attached hydrogens (tertiary/aromatic N) is 2. The van der Waals surface area contributed by atoms with Crippen LogP contribution in [0.1, 0.15) is 5.56 Å². The lowest BCUT2D eigenvalue weighted by Crippen LogP contribution is -2.23. The Hall–Kier alpha value is -2.80. The number of amides is 1. The van der Waals surface area contributed by atoms with E-state index in [2.05, 4.69) is 10.3 Å². The molecule has 4 aromatic rings. The number of rotatable bonds is 5. The minimum Gasteiger partial charge on any atom is -0.325 e. The van der Waals surface area contributed by atoms with Crippen molar-refractivity contribution in [3.63, 3.8) is 0 Å². The summed E-state index contributed by atoms with van der Waals surface area (Å²) in [5, 5.41) is 4.60. The molecule has 3 aromatic carbocycles. The molecule has 1 N–H and O–H groups in total. The summed E-state index contributed by atoms with van der Waals surface area (Å²) >= 11 is 13.2. The second kappa shape index (κ2) is 9.14. The van der Waals surface area contributed by atoms with Gasteiger partial charge in [-0.15, -0.1) is 0 Å². The van der Waals surface area contributed by atoms with E-state index in [1.165, 1.54) is 11.8 Å². The number of aryl methyl sites for hydroxylation is 1. The summed E-state index contributed by atoms with van der Waals surface area (Å²) < 4.78 is 1.56. The maximum atomic E-state index is 13.3. The minimum atomic E-state index is -0.262. The molecule has 0 spiro atoms. The maximum absolute atomic E-state index is 13.3. The molecule has 0 unspecified atom stereocenters. The first-order valence-electron chi connectivity index (χ1n) is 9.39. The highest BCUT2D eigenvalue weighted by atomic mass is 35.5. The third-order valence-corrected chi connectivity index (χ3v) is 5.95. The summed E-state index contributed by atoms with van der Waals surface area (Å²) in [5.74, 6) is -0.206. The Bertz CT molecular complexity index is 1330. The van der Waals surface area contributed by atoms with Gasteiger partial charge in [-0.25, -0.2) is 4.98 Å². The fourth-order valence-corrected chi connectivity index (χ4v) is 4.52. The molecule has 0 aliphatic carbocycles. The zero-order valence-corrected chi connectivity index (χ0v) is 18.8. The lowest BCUT2D eigenvalue weighted by molar-refractivity contribution is -0.113. The third-order valence-electron chi connectivity index (χ3n) is 4.58. The second-order valence-electron chi connectivity index (χ2n) is 6.83. The van der Waals surface area contributed by atoms with Crippen molar-refractivity contribution < 1.29 is 4.79 Å². The Labute approximate surface area is 193 Å². The van der Waals surface area contributed by atoms with Crippen LogP contribution < -0.4 is 10.9 Å². The summed E-state index contributed by atoms with van der Waals surface area (Å²) in [6.07, 6.45) is 0. The highest BCUT2D eigenvalue weighted by molar-refractivity contribution is 7.99. The van der Waals surface area contributed by atoms with Crippen LogP contribution in [0, 0.1) is 6.92 Å². The number of anilines is 1. The molecular formula is C23H17Cl2N3O2S. The highest BCUT2D eigenvalue weighted by Gasteiger charge is 2.16. The zero-order chi connectivity index (χ0) is 22.0. The van der Waals surface area contributed by atoms with Gasteiger partial charge in [-0.1, -0.05) is 65.3 Å². The normalized spacial score (nSPS) is 10.9. The fraction of sp³-hybridized carbons (Fsp3) is 0.0870. The van der Waals surface area contributed by atoms with Crippen LogP contribution in [0.2, 0.25) is 10.0 Å². The second-order valence-corrected chi connectivity index (χ2v) is 8.65. The Morgan fingerprint density at radius 1 is 1.03 bits per heavy atom. The molecule has 0 bridgehead atoms. The Kier molecular flexibility index (Phi) is 6.32. The molecule has 0 aliphatic heterocycles. The van der Waals surface area contributed by atoms with E-state index in [0.717, 1.165) is 11.3 Å². The van der Waals surface area contributed by atoms with E-state index >= 15 is 0 Å². The van der Waals surface area contributed by atoms with Crippen LogP contribution in [0.3, 0.4) is 0 Å². The summed E-state index contributed by atoms with van der Waals surface area (Å²) in [7, 11) is 0. The first-order valence-corrected chi connectivity index (χ1v) is 11.1. The van der Waals surface area contributed by atoms with Crippen LogP contribution in [-0.2, 0) is 4.79 Å². The van der Waals surface area contributed by atoms with Crippen LogP contribution in [0.4, 0.5) is 5.69 Å². The number of carbonyl (C=O) groups is 1. The van der Waals surface area contributed by atoms with Gasteiger partial charge in [0.25, 0.3) is 5.56 Å². The van der Waals surface area contributed by atoms with Gasteiger partial charge in [-0.2, -0.15) is 0 Å². The van der Waals surface area contributed by atoms with E-state index in [0.29, 0.717) is 31.8 Å². The molecule has 8 heteroatoms. The quantitative estimate of drug-likeness (QED) is 0.299. The predicted octanol–water partition coefficient (Wildman–Crippen LogP) is 5.73. The van der Waals surface area contributed by atoms with Gasteiger partial charge in [-0.3, -0.25) is 14.2 Å². The molecule has 1 aromatic heterocycles. The van der Waals surface area contributed by atoms with E-state index in [1.54, 1.807) is 34.9 Å². The number of thioether (sulfide) groups is 1. The molecule has 156 valence electrons. The number of carbonyl (C=O) groups excluding carboxylic acids is 1. The van der Waals surface area contributed by atoms with Gasteiger partial charge in [0.15, 0.2) is 5.16 Å². The lowest BCUT2D eigenvalue weighted by atomic mass is 10.2. The Morgan fingerprint density at radius 3 is 2.45 bits per heavy atom. The first kappa shape index (κ1) is 21.4. The van der Waals surface area contributed by atoms with Gasteiger partial charge < -0.3 is 5.32 Å². The van der Waals surface area contributed by atoms with Crippen molar-refractivity contribution in [3.8, 4) is 5.69 Å². The highest BCUT2D eigenvalue weighted by Crippen LogP contribution is 2.25. The zero-order valence-electron chi connectivity index (χ0n) is 16.4. The molecule has 31 heavy (non-hydrogen) atoms. The Morgan fingerprint density at radius 2 is 1.71 bits per heavy atom. The average Bonchev–Trinajstić information content (AvgIpc) is 2.72. The minimum absolute atomic E-state index is 0.0563. The molecule has 1 heterocycles. The topological polar surface area (TPSA) is 64.0 Å². The summed E-state index contributed by atoms with van der Waals surface area (Å²) in [5.41, 5.74) is 2.58. The van der Waals surface area contributed by atoms with Crippen LogP contribution in [0.25, 0.3) is 16.6 Å². The van der Waals surface area contributed by atoms with Crippen molar-refractivity contribution in [3.05, 3.63) is 92.7 Å². The predicted molar refractivity (Wildman–Crippen MR) is 128 cm³/mol. The molecule has 5 nitrogen and oxygen atoms in total. The van der Waals surface area contributed by atoms with Crippen molar-refractivity contribution in [1.29, 1.82) is 0 Å². The summed E-state index contributed by atoms with van der Waals surface area (Å²) in [6.45, 7) is 1.93. The van der Waals surface area contributed by atoms with Crippen molar-refractivity contribution in [2.24, 2.45) is 0 Å². The standard InChI is InChI=1S/C23H17Cl2N3O2S/c1-14-6-2-5-9-20(14)28-22(30)18-7-3-4-8-19(18)27-23(28)31-13-21(29)26-17-11-15(24)10-16(25)12-17/h2-12H,13H2,1H3,(H,26,29). The molecule has 1 amide bonds. The molecule has 0 atom stereocenters. The number of hydrogen-bond acceptors (Lipinski definition) is 4. The molecule has 0 saturated heterocycles. The van der Waals surface area contributed by atoms with Crippen LogP contribution in [0.5, 0.6) is 0 Å². The number of para-hydroxylation sites is 2. The Balaban J connectivity index is 1.68. The largest absolute Gasteiger partial charge is 0.325 e. The van der Waals surface area contributed by atoms with Gasteiger partial charge in [0.05, 0.1) is 22.3 Å². The van der Waals surface area contributed by atoms with Gasteiger partial charge in [0.1, 0.15) is 0 Å². The van der Waals surface area contributed by atoms with Crippen LogP contribution in [0.15, 0.2) is 76.7 Å². The molecule has 0 radical (unpaired) electrons. The van der Waals surface area contributed by atoms with E-state index in [4.69, 9.17) is 23.2 Å². The smallest absolute Gasteiger partial charge is 0.266 e. The van der Waals surface area contributed by atoms with Crippen molar-refractivity contribution in [2.75, 3.05) is 11.1 Å². The fourth-order valence-electron chi connectivity index (χ4n) is 3.19. The number of nitrogens with one attached hydrogen (secondary N) is 1. The molecular weight excluding hydrogens is 453 g/mol. The van der Waals surface area contributed by atoms with E-state index in [9.17, 15) is 9.59 Å². The van der Waals surface area contributed by atoms with Gasteiger partial charge in [-0.05, 0) is 48.9 Å². The number of fused-ring (bicyclic) bond motifs is 1. The van der Waals surface area contributed by atoms with Crippen molar-refractivity contribution >= 4 is 57.5 Å². The number of hydrogen-bond donors (Lipinski definition) is 1. The van der Waals surface area contributed by atoms with Crippen LogP contribution in [-0.4, -0.2) is 21.2 Å². The van der Waals surface area contributed by atoms with E-state index in [1.807, 2.05) is 43.3 Å². The van der Waals surface area contributed by atoms with Gasteiger partial charge in [0, 0.05) is 15.7 Å². The average molecular weight is 470 g/mol. The monoisotopic (exact) mass is 469 g/mol. The first-order chi connectivity index (χ1) is 14.9. The number of aromatic nitrogens is 2. The van der Waals surface area contributed by atoms with Gasteiger partial charge in [0.2, 0.25) is 5.91 Å². The number of halogens is 2. The molecule has 0 fully saturated rings. The van der Waals surface area contributed by atoms with Crippen molar-refractivity contribution in [2.45, 2.75) is 12.1 Å². The van der Waals surface area contributed by atoms with Crippen LogP contribution >= 0.6 is 35.0 Å². The summed E-state index contributed by atoms with van der Waals surface area (Å²) in [4.78, 5) is 30.5. The van der Waals surface area contributed by atoms with Gasteiger partial charge >= 0.3 is 0 Å². The lowest BCUT2D eigenvalue weighted by Gasteiger charge is -2.15. The maximum Gasteiger partial charge on any atom is 0.266 e. The third kappa shape index (κ3) is 4.77. The van der Waals surface area contributed by atoms with E-state index < -0.39 is 0 Å². The SMILES string of the molecule is Cc1ccccc1-n1c(SCC(=O)Nc2cc(Cl)cc(Cl)c2)nc2ccccc2c1=O. The van der Waals surface area contributed by atoms with Crippen molar-refractivity contribution in [1.82, 2.24) is 9.55 Å². The molecule has 4 rings (SSSR count). The molecule has 0 saturated carbocycles. The molecule has 0 aliphatic rings.